The maximum atomic E-state index is 13.4. The van der Waals surface area contributed by atoms with Crippen LogP contribution in [-0.2, 0) is 0 Å². The van der Waals surface area contributed by atoms with E-state index < -0.39 is 0 Å². The van der Waals surface area contributed by atoms with Crippen molar-refractivity contribution in [3.63, 3.8) is 0 Å². The molecular formula is C28H27N3O3. The van der Waals surface area contributed by atoms with Gasteiger partial charge in [0, 0.05) is 17.7 Å². The van der Waals surface area contributed by atoms with Gasteiger partial charge in [0.2, 0.25) is 0 Å². The van der Waals surface area contributed by atoms with E-state index in [0.29, 0.717) is 29.2 Å². The fourth-order valence-electron chi connectivity index (χ4n) is 4.83. The number of aromatic hydroxyl groups is 1. The zero-order valence-corrected chi connectivity index (χ0v) is 19.5. The van der Waals surface area contributed by atoms with Gasteiger partial charge in [-0.1, -0.05) is 43.3 Å². The van der Waals surface area contributed by atoms with Crippen molar-refractivity contribution in [3.05, 3.63) is 94.7 Å². The van der Waals surface area contributed by atoms with Crippen LogP contribution < -0.4 is 4.74 Å². The van der Waals surface area contributed by atoms with Crippen molar-refractivity contribution in [3.8, 4) is 28.5 Å². The third kappa shape index (κ3) is 3.71. The number of aryl methyl sites for hydroxylation is 2. The minimum Gasteiger partial charge on any atom is -0.507 e. The van der Waals surface area contributed by atoms with Crippen molar-refractivity contribution in [1.29, 1.82) is 0 Å². The first kappa shape index (κ1) is 21.8. The second-order valence-corrected chi connectivity index (χ2v) is 8.73. The van der Waals surface area contributed by atoms with Gasteiger partial charge < -0.3 is 14.7 Å². The first-order valence-electron chi connectivity index (χ1n) is 11.5. The molecule has 6 heteroatoms. The standard InChI is InChI=1S/C28H27N3O3/c1-4-13-31-27(19-9-8-12-21(16-19)34-20-10-6-5-7-11-20)24-25(29-30-26(24)28(31)33)23-18(3)14-17(2)15-22(23)32/h5-12,14-16,27,32H,4,13H2,1-3H3,(H,29,30). The lowest BCUT2D eigenvalue weighted by molar-refractivity contribution is 0.0744. The number of aromatic amines is 1. The Morgan fingerprint density at radius 3 is 2.53 bits per heavy atom. The Morgan fingerprint density at radius 2 is 1.79 bits per heavy atom. The van der Waals surface area contributed by atoms with E-state index in [1.54, 1.807) is 6.07 Å². The van der Waals surface area contributed by atoms with Crippen LogP contribution in [0.1, 0.15) is 52.1 Å². The van der Waals surface area contributed by atoms with E-state index in [9.17, 15) is 9.90 Å². The number of hydrogen-bond acceptors (Lipinski definition) is 4. The Bertz CT molecular complexity index is 1340. The third-order valence-corrected chi connectivity index (χ3v) is 6.18. The van der Waals surface area contributed by atoms with Crippen LogP contribution in [0.4, 0.5) is 0 Å². The fraction of sp³-hybridized carbons (Fsp3) is 0.214. The lowest BCUT2D eigenvalue weighted by Crippen LogP contribution is -2.30. The first-order chi connectivity index (χ1) is 16.5. The summed E-state index contributed by atoms with van der Waals surface area (Å²) < 4.78 is 6.07. The highest BCUT2D eigenvalue weighted by Gasteiger charge is 2.42. The number of hydrogen-bond donors (Lipinski definition) is 2. The summed E-state index contributed by atoms with van der Waals surface area (Å²) in [7, 11) is 0. The fourth-order valence-corrected chi connectivity index (χ4v) is 4.83. The van der Waals surface area contributed by atoms with E-state index in [2.05, 4.69) is 17.1 Å². The maximum absolute atomic E-state index is 13.4. The lowest BCUT2D eigenvalue weighted by Gasteiger charge is -2.26. The van der Waals surface area contributed by atoms with Gasteiger partial charge >= 0.3 is 0 Å². The number of phenols is 1. The quantitative estimate of drug-likeness (QED) is 0.367. The highest BCUT2D eigenvalue weighted by Crippen LogP contribution is 2.46. The average Bonchev–Trinajstić information content (AvgIpc) is 3.34. The number of rotatable bonds is 6. The highest BCUT2D eigenvalue weighted by atomic mass is 16.5. The molecule has 6 nitrogen and oxygen atoms in total. The molecule has 1 unspecified atom stereocenters. The number of carbonyl (C=O) groups excluding carboxylic acids is 1. The number of ether oxygens (including phenoxy) is 1. The predicted molar refractivity (Wildman–Crippen MR) is 131 cm³/mol. The zero-order valence-electron chi connectivity index (χ0n) is 19.5. The van der Waals surface area contributed by atoms with Gasteiger partial charge in [0.1, 0.15) is 28.6 Å². The van der Waals surface area contributed by atoms with Crippen molar-refractivity contribution in [1.82, 2.24) is 15.1 Å². The summed E-state index contributed by atoms with van der Waals surface area (Å²) in [6.45, 7) is 6.56. The predicted octanol–water partition coefficient (Wildman–Crippen LogP) is 6.15. The molecule has 172 valence electrons. The van der Waals surface area contributed by atoms with Crippen molar-refractivity contribution in [2.75, 3.05) is 6.54 Å². The maximum Gasteiger partial charge on any atom is 0.273 e. The summed E-state index contributed by atoms with van der Waals surface area (Å²) in [4.78, 5) is 15.2. The summed E-state index contributed by atoms with van der Waals surface area (Å²) in [6.07, 6.45) is 0.824. The molecule has 2 heterocycles. The lowest BCUT2D eigenvalue weighted by atomic mass is 9.93. The minimum atomic E-state index is -0.337. The van der Waals surface area contributed by atoms with Crippen LogP contribution in [0.3, 0.4) is 0 Å². The second kappa shape index (κ2) is 8.71. The van der Waals surface area contributed by atoms with Gasteiger partial charge in [0.05, 0.1) is 6.04 Å². The number of nitrogens with one attached hydrogen (secondary N) is 1. The minimum absolute atomic E-state index is 0.0840. The van der Waals surface area contributed by atoms with Gasteiger partial charge in [0.15, 0.2) is 0 Å². The summed E-state index contributed by atoms with van der Waals surface area (Å²) in [5.41, 5.74) is 5.33. The molecule has 4 aromatic rings. The van der Waals surface area contributed by atoms with Gasteiger partial charge in [0.25, 0.3) is 5.91 Å². The van der Waals surface area contributed by atoms with Gasteiger partial charge in [-0.2, -0.15) is 5.10 Å². The third-order valence-electron chi connectivity index (χ3n) is 6.18. The van der Waals surface area contributed by atoms with Crippen molar-refractivity contribution >= 4 is 5.91 Å². The molecule has 0 fully saturated rings. The molecule has 3 aromatic carbocycles. The molecule has 0 spiro atoms. The van der Waals surface area contributed by atoms with Crippen LogP contribution in [0.15, 0.2) is 66.7 Å². The van der Waals surface area contributed by atoms with Crippen molar-refractivity contribution in [2.24, 2.45) is 0 Å². The summed E-state index contributed by atoms with van der Waals surface area (Å²) in [6, 6.07) is 20.8. The molecule has 1 aromatic heterocycles. The van der Waals surface area contributed by atoms with Crippen LogP contribution in [0, 0.1) is 13.8 Å². The SMILES string of the molecule is CCCN1C(=O)c2[nH]nc(-c3c(C)cc(C)cc3O)c2C1c1cccc(Oc2ccccc2)c1. The number of fused-ring (bicyclic) bond motifs is 1. The molecular weight excluding hydrogens is 426 g/mol. The Balaban J connectivity index is 1.63. The Kier molecular flexibility index (Phi) is 5.57. The molecule has 0 aliphatic carbocycles. The van der Waals surface area contributed by atoms with Crippen LogP contribution >= 0.6 is 0 Å². The number of nitrogens with zero attached hydrogens (tertiary/aromatic N) is 2. The summed E-state index contributed by atoms with van der Waals surface area (Å²) in [5, 5.41) is 18.3. The number of phenolic OH excluding ortho intramolecular Hbond substituents is 1. The van der Waals surface area contributed by atoms with Crippen molar-refractivity contribution in [2.45, 2.75) is 33.2 Å². The van der Waals surface area contributed by atoms with E-state index in [-0.39, 0.29) is 17.7 Å². The molecule has 0 saturated heterocycles. The molecule has 0 radical (unpaired) electrons. The van der Waals surface area contributed by atoms with Crippen LogP contribution in [-0.4, -0.2) is 32.7 Å². The van der Waals surface area contributed by atoms with E-state index in [4.69, 9.17) is 4.74 Å². The van der Waals surface area contributed by atoms with E-state index in [1.165, 1.54) is 0 Å². The monoisotopic (exact) mass is 453 g/mol. The van der Waals surface area contributed by atoms with Gasteiger partial charge in [-0.15, -0.1) is 0 Å². The number of para-hydroxylation sites is 1. The molecule has 5 rings (SSSR count). The number of H-pyrrole nitrogens is 1. The highest BCUT2D eigenvalue weighted by molar-refractivity contribution is 6.00. The normalized spacial score (nSPS) is 15.0. The molecule has 1 atom stereocenters. The molecule has 0 saturated carbocycles. The van der Waals surface area contributed by atoms with Gasteiger partial charge in [-0.25, -0.2) is 0 Å². The molecule has 2 N–H and O–H groups in total. The van der Waals surface area contributed by atoms with Crippen LogP contribution in [0.25, 0.3) is 11.3 Å². The topological polar surface area (TPSA) is 78.5 Å². The van der Waals surface area contributed by atoms with Crippen LogP contribution in [0.2, 0.25) is 0 Å². The van der Waals surface area contributed by atoms with E-state index in [0.717, 1.165) is 34.4 Å². The largest absolute Gasteiger partial charge is 0.507 e. The van der Waals surface area contributed by atoms with Crippen LogP contribution in [0.5, 0.6) is 17.2 Å². The van der Waals surface area contributed by atoms with E-state index in [1.807, 2.05) is 79.4 Å². The Morgan fingerprint density at radius 1 is 1.03 bits per heavy atom. The molecule has 1 amide bonds. The molecule has 34 heavy (non-hydrogen) atoms. The number of carbonyl (C=O) groups is 1. The second-order valence-electron chi connectivity index (χ2n) is 8.73. The Labute approximate surface area is 198 Å². The van der Waals surface area contributed by atoms with Gasteiger partial charge in [-0.05, 0) is 67.3 Å². The molecule has 1 aliphatic rings. The first-order valence-corrected chi connectivity index (χ1v) is 11.5. The average molecular weight is 454 g/mol. The number of amides is 1. The van der Waals surface area contributed by atoms with Gasteiger partial charge in [-0.3, -0.25) is 9.89 Å². The van der Waals surface area contributed by atoms with Crippen molar-refractivity contribution < 1.29 is 14.6 Å². The smallest absolute Gasteiger partial charge is 0.273 e. The summed E-state index contributed by atoms with van der Waals surface area (Å²) >= 11 is 0. The zero-order chi connectivity index (χ0) is 23.8. The Hall–Kier alpha value is -4.06. The van der Waals surface area contributed by atoms with E-state index >= 15 is 0 Å². The molecule has 1 aliphatic heterocycles. The number of benzene rings is 3. The number of aromatic nitrogens is 2. The summed E-state index contributed by atoms with van der Waals surface area (Å²) in [5.74, 6) is 1.52. The molecule has 0 bridgehead atoms.